The van der Waals surface area contributed by atoms with Crippen LogP contribution in [0.25, 0.3) is 0 Å². The zero-order chi connectivity index (χ0) is 9.19. The molecule has 1 nitrogen and oxygen atoms in total. The van der Waals surface area contributed by atoms with Crippen molar-refractivity contribution >= 4 is 23.4 Å². The van der Waals surface area contributed by atoms with Crippen molar-refractivity contribution in [2.45, 2.75) is 30.5 Å². The lowest BCUT2D eigenvalue weighted by Gasteiger charge is -2.16. The van der Waals surface area contributed by atoms with Crippen LogP contribution in [0, 0.1) is 0 Å². The van der Waals surface area contributed by atoms with E-state index < -0.39 is 0 Å². The standard InChI is InChI=1S/C9H12ClNS/c1-9(2,3)12-8-6-4-5-7(10)11-8/h4-6H,1-3H3. The first kappa shape index (κ1) is 9.87. The van der Waals surface area contributed by atoms with Crippen molar-refractivity contribution < 1.29 is 0 Å². The molecule has 0 bridgehead atoms. The van der Waals surface area contributed by atoms with Gasteiger partial charge in [0.25, 0.3) is 0 Å². The van der Waals surface area contributed by atoms with Gasteiger partial charge in [-0.2, -0.15) is 0 Å². The number of rotatable bonds is 1. The highest BCUT2D eigenvalue weighted by Crippen LogP contribution is 2.30. The third kappa shape index (κ3) is 3.46. The van der Waals surface area contributed by atoms with Crippen molar-refractivity contribution in [1.29, 1.82) is 0 Å². The summed E-state index contributed by atoms with van der Waals surface area (Å²) in [4.78, 5) is 4.19. The van der Waals surface area contributed by atoms with Crippen LogP contribution in [0.3, 0.4) is 0 Å². The molecule has 0 saturated carbocycles. The highest BCUT2D eigenvalue weighted by molar-refractivity contribution is 8.00. The number of halogens is 1. The molecule has 0 amide bonds. The Bertz CT molecular complexity index is 267. The molecule has 0 aliphatic heterocycles. The Kier molecular flexibility index (Phi) is 3.02. The van der Waals surface area contributed by atoms with E-state index in [4.69, 9.17) is 11.6 Å². The lowest BCUT2D eigenvalue weighted by Crippen LogP contribution is -2.07. The van der Waals surface area contributed by atoms with Crippen molar-refractivity contribution in [3.63, 3.8) is 0 Å². The zero-order valence-electron chi connectivity index (χ0n) is 7.47. The maximum absolute atomic E-state index is 5.75. The smallest absolute Gasteiger partial charge is 0.130 e. The Labute approximate surface area is 82.5 Å². The molecule has 0 N–H and O–H groups in total. The van der Waals surface area contributed by atoms with E-state index in [0.717, 1.165) is 5.03 Å². The molecule has 0 fully saturated rings. The summed E-state index contributed by atoms with van der Waals surface area (Å²) in [7, 11) is 0. The van der Waals surface area contributed by atoms with E-state index in [9.17, 15) is 0 Å². The molecule has 0 atom stereocenters. The topological polar surface area (TPSA) is 12.9 Å². The van der Waals surface area contributed by atoms with Gasteiger partial charge in [-0.15, -0.1) is 11.8 Å². The monoisotopic (exact) mass is 201 g/mol. The van der Waals surface area contributed by atoms with Gasteiger partial charge in [-0.05, 0) is 12.1 Å². The van der Waals surface area contributed by atoms with E-state index in [1.54, 1.807) is 17.8 Å². The summed E-state index contributed by atoms with van der Waals surface area (Å²) < 4.78 is 0.192. The summed E-state index contributed by atoms with van der Waals surface area (Å²) >= 11 is 7.47. The van der Waals surface area contributed by atoms with Gasteiger partial charge in [0.1, 0.15) is 5.15 Å². The quantitative estimate of drug-likeness (QED) is 0.509. The van der Waals surface area contributed by atoms with Crippen molar-refractivity contribution in [3.8, 4) is 0 Å². The van der Waals surface area contributed by atoms with Gasteiger partial charge in [0.2, 0.25) is 0 Å². The third-order valence-corrected chi connectivity index (χ3v) is 2.36. The van der Waals surface area contributed by atoms with E-state index in [1.165, 1.54) is 0 Å². The summed E-state index contributed by atoms with van der Waals surface area (Å²) in [5.74, 6) is 0. The fourth-order valence-corrected chi connectivity index (χ4v) is 1.89. The fourth-order valence-electron chi connectivity index (χ4n) is 0.760. The van der Waals surface area contributed by atoms with E-state index in [0.29, 0.717) is 5.15 Å². The van der Waals surface area contributed by atoms with E-state index >= 15 is 0 Å². The molecule has 1 heterocycles. The first-order valence-corrected chi connectivity index (χ1v) is 4.98. The fraction of sp³-hybridized carbons (Fsp3) is 0.444. The lowest BCUT2D eigenvalue weighted by atomic mass is 10.3. The molecule has 1 aromatic rings. The second-order valence-corrected chi connectivity index (χ2v) is 5.75. The molecule has 1 rings (SSSR count). The SMILES string of the molecule is CC(C)(C)Sc1cccc(Cl)n1. The minimum absolute atomic E-state index is 0.192. The maximum atomic E-state index is 5.75. The number of hydrogen-bond acceptors (Lipinski definition) is 2. The van der Waals surface area contributed by atoms with Crippen LogP contribution in [0.15, 0.2) is 23.2 Å². The van der Waals surface area contributed by atoms with Crippen molar-refractivity contribution in [2.75, 3.05) is 0 Å². The van der Waals surface area contributed by atoms with Gasteiger partial charge in [-0.1, -0.05) is 38.4 Å². The van der Waals surface area contributed by atoms with Crippen molar-refractivity contribution in [1.82, 2.24) is 4.98 Å². The number of pyridine rings is 1. The van der Waals surface area contributed by atoms with Gasteiger partial charge >= 0.3 is 0 Å². The Morgan fingerprint density at radius 3 is 2.50 bits per heavy atom. The molecule has 0 spiro atoms. The number of nitrogens with zero attached hydrogens (tertiary/aromatic N) is 1. The normalized spacial score (nSPS) is 11.7. The zero-order valence-corrected chi connectivity index (χ0v) is 9.04. The molecule has 66 valence electrons. The molecular formula is C9H12ClNS. The number of hydrogen-bond donors (Lipinski definition) is 0. The van der Waals surface area contributed by atoms with Crippen LogP contribution in [-0.2, 0) is 0 Å². The number of thioether (sulfide) groups is 1. The van der Waals surface area contributed by atoms with Gasteiger partial charge < -0.3 is 0 Å². The van der Waals surface area contributed by atoms with Gasteiger partial charge in [0, 0.05) is 4.75 Å². The average molecular weight is 202 g/mol. The van der Waals surface area contributed by atoms with Gasteiger partial charge in [0.05, 0.1) is 5.03 Å². The van der Waals surface area contributed by atoms with Crippen molar-refractivity contribution in [2.24, 2.45) is 0 Å². The molecule has 0 aliphatic rings. The van der Waals surface area contributed by atoms with Crippen LogP contribution in [0.2, 0.25) is 5.15 Å². The van der Waals surface area contributed by atoms with Crippen LogP contribution in [0.1, 0.15) is 20.8 Å². The van der Waals surface area contributed by atoms with E-state index in [-0.39, 0.29) is 4.75 Å². The molecule has 3 heteroatoms. The van der Waals surface area contributed by atoms with Crippen LogP contribution in [0.5, 0.6) is 0 Å². The lowest BCUT2D eigenvalue weighted by molar-refractivity contribution is 0.799. The van der Waals surface area contributed by atoms with Gasteiger partial charge in [0.15, 0.2) is 0 Å². The summed E-state index contributed by atoms with van der Waals surface area (Å²) in [6, 6.07) is 5.68. The Morgan fingerprint density at radius 2 is 2.00 bits per heavy atom. The molecule has 0 radical (unpaired) electrons. The molecule has 0 saturated heterocycles. The molecular weight excluding hydrogens is 190 g/mol. The second kappa shape index (κ2) is 3.67. The van der Waals surface area contributed by atoms with Crippen LogP contribution >= 0.6 is 23.4 Å². The van der Waals surface area contributed by atoms with Gasteiger partial charge in [-0.25, -0.2) is 4.98 Å². The number of aromatic nitrogens is 1. The second-order valence-electron chi connectivity index (χ2n) is 3.51. The summed E-state index contributed by atoms with van der Waals surface area (Å²) in [5, 5.41) is 1.54. The Morgan fingerprint density at radius 1 is 1.33 bits per heavy atom. The molecule has 0 aliphatic carbocycles. The molecule has 0 aromatic carbocycles. The highest BCUT2D eigenvalue weighted by Gasteiger charge is 2.12. The summed E-state index contributed by atoms with van der Waals surface area (Å²) in [6.07, 6.45) is 0. The molecule has 12 heavy (non-hydrogen) atoms. The molecule has 0 unspecified atom stereocenters. The summed E-state index contributed by atoms with van der Waals surface area (Å²) in [5.41, 5.74) is 0. The van der Waals surface area contributed by atoms with E-state index in [2.05, 4.69) is 25.8 Å². The minimum Gasteiger partial charge on any atom is -0.230 e. The largest absolute Gasteiger partial charge is 0.230 e. The predicted molar refractivity (Wildman–Crippen MR) is 54.9 cm³/mol. The molecule has 1 aromatic heterocycles. The summed E-state index contributed by atoms with van der Waals surface area (Å²) in [6.45, 7) is 6.46. The Hall–Kier alpha value is -0.210. The van der Waals surface area contributed by atoms with Crippen LogP contribution in [-0.4, -0.2) is 9.73 Å². The Balaban J connectivity index is 2.77. The third-order valence-electron chi connectivity index (χ3n) is 1.10. The average Bonchev–Trinajstić information content (AvgIpc) is 1.82. The van der Waals surface area contributed by atoms with Gasteiger partial charge in [-0.3, -0.25) is 0 Å². The first-order valence-electron chi connectivity index (χ1n) is 3.79. The van der Waals surface area contributed by atoms with Crippen molar-refractivity contribution in [3.05, 3.63) is 23.4 Å². The highest BCUT2D eigenvalue weighted by atomic mass is 35.5. The van der Waals surface area contributed by atoms with E-state index in [1.807, 2.05) is 12.1 Å². The first-order chi connectivity index (χ1) is 5.47. The van der Waals surface area contributed by atoms with Crippen LogP contribution in [0.4, 0.5) is 0 Å². The minimum atomic E-state index is 0.192. The predicted octanol–water partition coefficient (Wildman–Crippen LogP) is 3.63. The maximum Gasteiger partial charge on any atom is 0.130 e. The van der Waals surface area contributed by atoms with Crippen LogP contribution < -0.4 is 0 Å².